The zero-order valence-corrected chi connectivity index (χ0v) is 16.2. The number of aryl methyl sites for hydroxylation is 1. The molecule has 3 rings (SSSR count). The van der Waals surface area contributed by atoms with Gasteiger partial charge in [0, 0.05) is 0 Å². The standard InChI is InChI=1S/C16H20.C5H9N.Mg/c1-3-6-15(11-14-9-10-14)12-16-8-5-4-7-13(16)2;1-2-4-6-5-3-1;/h4-5,7-8,11-12H,3,6,9-10H2,1-2H3;6H,1-2,4-5H2;/b15-12+;;. The van der Waals surface area contributed by atoms with Gasteiger partial charge in [-0.25, -0.2) is 0 Å². The third-order valence-corrected chi connectivity index (χ3v) is 4.86. The Bertz CT molecular complexity index is 569. The molecule has 1 aliphatic heterocycles. The van der Waals surface area contributed by atoms with Crippen molar-refractivity contribution in [3.8, 4) is 0 Å². The first-order chi connectivity index (χ1) is 11.2. The zero-order valence-electron chi connectivity index (χ0n) is 14.8. The van der Waals surface area contributed by atoms with Crippen LogP contribution >= 0.6 is 0 Å². The Morgan fingerprint density at radius 1 is 1.22 bits per heavy atom. The van der Waals surface area contributed by atoms with E-state index in [0.717, 1.165) is 0 Å². The van der Waals surface area contributed by atoms with Crippen LogP contribution in [0.3, 0.4) is 0 Å². The molecular weight excluding hydrogens is 291 g/mol. The second kappa shape index (κ2) is 10.2. The molecule has 2 aliphatic rings. The Morgan fingerprint density at radius 3 is 2.52 bits per heavy atom. The Labute approximate surface area is 154 Å². The van der Waals surface area contributed by atoms with Crippen molar-refractivity contribution >= 4 is 30.9 Å². The molecule has 0 radical (unpaired) electrons. The van der Waals surface area contributed by atoms with Gasteiger partial charge in [-0.2, -0.15) is 0 Å². The van der Waals surface area contributed by atoms with Gasteiger partial charge in [0.25, 0.3) is 0 Å². The first-order valence-corrected chi connectivity index (χ1v) is 9.72. The van der Waals surface area contributed by atoms with Gasteiger partial charge in [-0.05, 0) is 42.9 Å². The molecule has 1 heterocycles. The van der Waals surface area contributed by atoms with Gasteiger partial charge in [0.05, 0.1) is 0 Å². The first-order valence-electron chi connectivity index (χ1n) is 9.02. The topological polar surface area (TPSA) is 12.0 Å². The maximum absolute atomic E-state index is 3.30. The predicted molar refractivity (Wildman–Crippen MR) is 104 cm³/mol. The summed E-state index contributed by atoms with van der Waals surface area (Å²) >= 11 is 2.03. The van der Waals surface area contributed by atoms with Crippen molar-refractivity contribution in [1.29, 1.82) is 0 Å². The Morgan fingerprint density at radius 2 is 2.00 bits per heavy atom. The summed E-state index contributed by atoms with van der Waals surface area (Å²) in [6.07, 6.45) is 12.5. The van der Waals surface area contributed by atoms with Gasteiger partial charge in [-0.1, -0.05) is 55.3 Å². The van der Waals surface area contributed by atoms with Crippen LogP contribution in [0.25, 0.3) is 6.08 Å². The van der Waals surface area contributed by atoms with E-state index in [1.807, 2.05) is 21.2 Å². The van der Waals surface area contributed by atoms with Crippen molar-refractivity contribution in [1.82, 2.24) is 5.32 Å². The van der Waals surface area contributed by atoms with Gasteiger partial charge >= 0.3 is 56.1 Å². The van der Waals surface area contributed by atoms with E-state index >= 15 is 0 Å². The SMILES string of the molecule is CCC/C(C=C1CC1)=C\c1ccccc1C.[Mg]=[C]1CCCNC1. The second-order valence-corrected chi connectivity index (χ2v) is 7.66. The van der Waals surface area contributed by atoms with Crippen LogP contribution in [0, 0.1) is 6.92 Å². The average Bonchev–Trinajstić information content (AvgIpc) is 3.35. The monoisotopic (exact) mass is 319 g/mol. The molecule has 1 nitrogen and oxygen atoms in total. The van der Waals surface area contributed by atoms with Crippen LogP contribution in [-0.4, -0.2) is 38.0 Å². The summed E-state index contributed by atoms with van der Waals surface area (Å²) in [5, 5.41) is 3.30. The number of rotatable bonds is 4. The maximum atomic E-state index is 3.30. The fraction of sp³-hybridized carbons (Fsp3) is 0.476. The van der Waals surface area contributed by atoms with Crippen molar-refractivity contribution in [3.63, 3.8) is 0 Å². The van der Waals surface area contributed by atoms with E-state index in [4.69, 9.17) is 0 Å². The fourth-order valence-electron chi connectivity index (χ4n) is 2.72. The molecule has 2 fully saturated rings. The molecule has 0 bridgehead atoms. The van der Waals surface area contributed by atoms with Crippen LogP contribution in [0.1, 0.15) is 56.6 Å². The Balaban J connectivity index is 0.000000229. The van der Waals surface area contributed by atoms with E-state index in [-0.39, 0.29) is 0 Å². The van der Waals surface area contributed by atoms with Gasteiger partial charge in [0.2, 0.25) is 0 Å². The molecule has 1 aliphatic carbocycles. The molecule has 0 atom stereocenters. The second-order valence-electron chi connectivity index (χ2n) is 6.66. The van der Waals surface area contributed by atoms with Crippen LogP contribution < -0.4 is 5.32 Å². The van der Waals surface area contributed by atoms with Gasteiger partial charge in [-0.15, -0.1) is 0 Å². The van der Waals surface area contributed by atoms with Gasteiger partial charge in [0.15, 0.2) is 0 Å². The molecular formula is C21H29MgN. The van der Waals surface area contributed by atoms with Crippen LogP contribution in [-0.2, 0) is 0 Å². The van der Waals surface area contributed by atoms with Gasteiger partial charge in [-0.3, -0.25) is 0 Å². The van der Waals surface area contributed by atoms with E-state index in [1.54, 1.807) is 9.21 Å². The molecule has 0 unspecified atom stereocenters. The van der Waals surface area contributed by atoms with Crippen molar-refractivity contribution < 1.29 is 0 Å². The molecule has 1 aromatic carbocycles. The Kier molecular flexibility index (Phi) is 8.28. The third kappa shape index (κ3) is 7.60. The summed E-state index contributed by atoms with van der Waals surface area (Å²) in [5.74, 6) is 0. The minimum absolute atomic E-state index is 1.17. The molecule has 1 saturated heterocycles. The van der Waals surface area contributed by atoms with Crippen molar-refractivity contribution in [2.75, 3.05) is 13.1 Å². The average molecular weight is 320 g/mol. The third-order valence-electron chi connectivity index (χ3n) is 4.26. The van der Waals surface area contributed by atoms with E-state index in [2.05, 4.69) is 55.6 Å². The molecule has 0 aromatic heterocycles. The number of nitrogens with one attached hydrogen (secondary N) is 1. The van der Waals surface area contributed by atoms with Gasteiger partial charge in [0.1, 0.15) is 0 Å². The fourth-order valence-corrected chi connectivity index (χ4v) is 3.15. The molecule has 23 heavy (non-hydrogen) atoms. The summed E-state index contributed by atoms with van der Waals surface area (Å²) in [6, 6.07) is 8.61. The molecule has 1 saturated carbocycles. The van der Waals surface area contributed by atoms with Crippen LogP contribution in [0.4, 0.5) is 0 Å². The van der Waals surface area contributed by atoms with E-state index in [9.17, 15) is 0 Å². The van der Waals surface area contributed by atoms with Crippen molar-refractivity contribution in [2.45, 2.75) is 52.4 Å². The normalized spacial score (nSPS) is 17.5. The first kappa shape index (κ1) is 18.6. The van der Waals surface area contributed by atoms with Crippen molar-refractivity contribution in [3.05, 3.63) is 52.6 Å². The summed E-state index contributed by atoms with van der Waals surface area (Å²) in [5.41, 5.74) is 5.84. The van der Waals surface area contributed by atoms with Crippen LogP contribution in [0.15, 0.2) is 41.5 Å². The number of piperidine rings is 1. The van der Waals surface area contributed by atoms with E-state index in [0.29, 0.717) is 0 Å². The molecule has 0 amide bonds. The molecule has 1 N–H and O–H groups in total. The number of hydrogen-bond acceptors (Lipinski definition) is 1. The zero-order chi connectivity index (χ0) is 16.5. The summed E-state index contributed by atoms with van der Waals surface area (Å²) in [6.45, 7) is 6.82. The molecule has 1 aromatic rings. The van der Waals surface area contributed by atoms with Crippen LogP contribution in [0.5, 0.6) is 0 Å². The Hall–Kier alpha value is -0.704. The molecule has 0 spiro atoms. The summed E-state index contributed by atoms with van der Waals surface area (Å²) in [4.78, 5) is 0. The summed E-state index contributed by atoms with van der Waals surface area (Å²) in [7, 11) is 0. The van der Waals surface area contributed by atoms with Crippen LogP contribution in [0.2, 0.25) is 0 Å². The number of hydrogen-bond donors (Lipinski definition) is 1. The molecule has 120 valence electrons. The van der Waals surface area contributed by atoms with E-state index in [1.165, 1.54) is 68.3 Å². The summed E-state index contributed by atoms with van der Waals surface area (Å²) < 4.78 is 1.63. The van der Waals surface area contributed by atoms with E-state index < -0.39 is 0 Å². The molecule has 2 heteroatoms. The predicted octanol–water partition coefficient (Wildman–Crippen LogP) is 4.61. The minimum atomic E-state index is 1.17. The number of allylic oxidation sites excluding steroid dienone is 3. The van der Waals surface area contributed by atoms with Crippen molar-refractivity contribution in [2.24, 2.45) is 0 Å². The number of benzene rings is 1. The van der Waals surface area contributed by atoms with Gasteiger partial charge < -0.3 is 0 Å². The quantitative estimate of drug-likeness (QED) is 0.799.